The Morgan fingerprint density at radius 1 is 0.600 bits per heavy atom. The quantitative estimate of drug-likeness (QED) is 0.616. The van der Waals surface area contributed by atoms with Gasteiger partial charge in [0.05, 0.1) is 10.9 Å². The Kier molecular flexibility index (Phi) is 7.01. The van der Waals surface area contributed by atoms with E-state index in [0.29, 0.717) is 0 Å². The van der Waals surface area contributed by atoms with E-state index in [9.17, 15) is 0 Å². The van der Waals surface area contributed by atoms with Crippen molar-refractivity contribution in [2.75, 3.05) is 0 Å². The van der Waals surface area contributed by atoms with Crippen LogP contribution in [0.25, 0.3) is 0 Å². The fraction of sp³-hybridized carbons (Fsp3) is 0.0526. The van der Waals surface area contributed by atoms with Crippen LogP contribution in [-0.4, -0.2) is 0 Å². The lowest BCUT2D eigenvalue weighted by molar-refractivity contribution is -2.00. The summed E-state index contributed by atoms with van der Waals surface area (Å²) in [5.74, 6) is 0. The summed E-state index contributed by atoms with van der Waals surface area (Å²) in [5, 5.41) is 0. The molecule has 0 aliphatic carbocycles. The van der Waals surface area contributed by atoms with E-state index < -0.39 is 10.2 Å². The van der Waals surface area contributed by atoms with E-state index in [-0.39, 0.29) is 10.9 Å². The zero-order valence-corrected chi connectivity index (χ0v) is 15.1. The molecule has 0 aromatic heterocycles. The van der Waals surface area contributed by atoms with Crippen molar-refractivity contribution in [3.05, 3.63) is 90.5 Å². The molecule has 0 aliphatic rings. The van der Waals surface area contributed by atoms with Crippen molar-refractivity contribution >= 4 is 10.9 Å². The molecule has 0 aliphatic heterocycles. The van der Waals surface area contributed by atoms with Crippen LogP contribution in [0, 0.1) is 17.2 Å². The number of benzene rings is 3. The first-order valence-electron chi connectivity index (χ1n) is 7.37. The molecule has 0 bridgehead atoms. The predicted molar refractivity (Wildman–Crippen MR) is 86.2 cm³/mol. The largest absolute Gasteiger partial charge is 0.222 e. The lowest BCUT2D eigenvalue weighted by atomic mass is 10.2. The number of rotatable bonds is 3. The molecule has 0 atom stereocenters. The molecule has 0 saturated heterocycles. The summed E-state index contributed by atoms with van der Waals surface area (Å²) in [6.45, 7) is 2.15. The second kappa shape index (κ2) is 9.01. The van der Waals surface area contributed by atoms with E-state index >= 15 is 0 Å². The molecule has 3 aromatic rings. The van der Waals surface area contributed by atoms with Crippen LogP contribution in [0.3, 0.4) is 0 Å². The minimum atomic E-state index is -4.94. The van der Waals surface area contributed by atoms with Crippen LogP contribution in [0.5, 0.6) is 0 Å². The minimum absolute atomic E-state index is 0.0249. The van der Waals surface area contributed by atoms with Crippen molar-refractivity contribution in [1.29, 1.82) is 0 Å². The Morgan fingerprint density at radius 3 is 1.40 bits per heavy atom. The highest BCUT2D eigenvalue weighted by Crippen LogP contribution is 2.31. The Balaban J connectivity index is 0.000000399. The molecule has 0 radical (unpaired) electrons. The number of hydrogen-bond acceptors (Lipinski definition) is 4. The van der Waals surface area contributed by atoms with Gasteiger partial charge in [-0.1, -0.05) is 48.5 Å². The van der Waals surface area contributed by atoms with Gasteiger partial charge in [-0.15, -0.1) is 10.2 Å². The monoisotopic (exact) mass is 376 g/mol. The summed E-state index contributed by atoms with van der Waals surface area (Å²) < 4.78 is 34.0. The van der Waals surface area contributed by atoms with Gasteiger partial charge in [0, 0.05) is 0 Å². The summed E-state index contributed by atoms with van der Waals surface area (Å²) in [6, 6.07) is 30.3. The molecule has 130 valence electrons. The Morgan fingerprint density at radius 2 is 1.00 bits per heavy atom. The molecular formula is C19H17ClO4S. The van der Waals surface area contributed by atoms with Crippen molar-refractivity contribution in [2.24, 2.45) is 0 Å². The van der Waals surface area contributed by atoms with Crippen LogP contribution < -0.4 is 18.6 Å². The molecule has 0 spiro atoms. The Hall–Kier alpha value is -1.86. The molecule has 4 nitrogen and oxygen atoms in total. The van der Waals surface area contributed by atoms with E-state index in [1.807, 2.05) is 0 Å². The summed E-state index contributed by atoms with van der Waals surface area (Å²) >= 11 is 0. The van der Waals surface area contributed by atoms with Crippen molar-refractivity contribution in [3.63, 3.8) is 0 Å². The van der Waals surface area contributed by atoms with E-state index in [1.54, 1.807) is 0 Å². The zero-order valence-electron chi connectivity index (χ0n) is 13.5. The average Bonchev–Trinajstić information content (AvgIpc) is 2.56. The number of hydrogen-bond donors (Lipinski definition) is 0. The lowest BCUT2D eigenvalue weighted by Crippen LogP contribution is -2.68. The first kappa shape index (κ1) is 19.5. The molecule has 0 heterocycles. The van der Waals surface area contributed by atoms with Crippen LogP contribution in [0.15, 0.2) is 99.6 Å². The zero-order chi connectivity index (χ0) is 18.3. The maximum atomic E-state index is 8.49. The van der Waals surface area contributed by atoms with Gasteiger partial charge in [-0.05, 0) is 48.9 Å². The highest BCUT2D eigenvalue weighted by molar-refractivity contribution is 7.97. The topological polar surface area (TPSA) is 92.2 Å². The van der Waals surface area contributed by atoms with Crippen molar-refractivity contribution in [2.45, 2.75) is 21.6 Å². The van der Waals surface area contributed by atoms with Crippen molar-refractivity contribution in [3.8, 4) is 0 Å². The maximum absolute atomic E-state index is 8.49. The van der Waals surface area contributed by atoms with Crippen LogP contribution in [0.4, 0.5) is 0 Å². The van der Waals surface area contributed by atoms with Crippen molar-refractivity contribution in [1.82, 2.24) is 0 Å². The highest BCUT2D eigenvalue weighted by Gasteiger charge is 2.27. The van der Waals surface area contributed by atoms with Crippen LogP contribution in [-0.2, 0) is 10.9 Å². The molecule has 0 unspecified atom stereocenters. The Bertz CT molecular complexity index is 731. The number of halogens is 1. The first-order chi connectivity index (χ1) is 11.8. The van der Waals surface area contributed by atoms with Gasteiger partial charge in [0.1, 0.15) is 0 Å². The fourth-order valence-electron chi connectivity index (χ4n) is 2.26. The molecule has 0 amide bonds. The lowest BCUT2D eigenvalue weighted by Gasteiger charge is -2.17. The summed E-state index contributed by atoms with van der Waals surface area (Å²) in [5.41, 5.74) is 1.31. The number of aryl methyl sites for hydroxylation is 1. The highest BCUT2D eigenvalue weighted by atomic mass is 35.7. The van der Waals surface area contributed by atoms with Crippen molar-refractivity contribution < 1.29 is 28.9 Å². The molecule has 25 heavy (non-hydrogen) atoms. The smallest absolute Gasteiger partial charge is 0.166 e. The standard InChI is InChI=1S/C19H17S.ClHO4/c1-16-9-8-14-19(15-16)20(17-10-4-2-5-11-17)18-12-6-3-7-13-18;2-1(3,4)5/h2-15H,1H3;(H,2,3,4,5)/q+1;/p-1. The van der Waals surface area contributed by atoms with Gasteiger partial charge >= 0.3 is 0 Å². The summed E-state index contributed by atoms with van der Waals surface area (Å²) in [4.78, 5) is 4.11. The average molecular weight is 377 g/mol. The van der Waals surface area contributed by atoms with E-state index in [0.717, 1.165) is 0 Å². The second-order valence-corrected chi connectivity index (χ2v) is 7.91. The first-order valence-corrected chi connectivity index (χ1v) is 9.83. The van der Waals surface area contributed by atoms with Crippen LogP contribution >= 0.6 is 0 Å². The van der Waals surface area contributed by atoms with E-state index in [1.165, 1.54) is 20.2 Å². The molecular weight excluding hydrogens is 360 g/mol. The summed E-state index contributed by atoms with van der Waals surface area (Å²) in [7, 11) is -4.97. The van der Waals surface area contributed by atoms with Gasteiger partial charge < -0.3 is 0 Å². The third kappa shape index (κ3) is 6.88. The SMILES string of the molecule is Cc1cccc([S+](c2ccccc2)c2ccccc2)c1.[O-][Cl+3]([O-])([O-])[O-]. The van der Waals surface area contributed by atoms with Gasteiger partial charge in [-0.3, -0.25) is 0 Å². The molecule has 3 aromatic carbocycles. The molecule has 6 heteroatoms. The predicted octanol–water partition coefficient (Wildman–Crippen LogP) is 0.334. The van der Waals surface area contributed by atoms with E-state index in [4.69, 9.17) is 18.6 Å². The van der Waals surface area contributed by atoms with Gasteiger partial charge in [0.2, 0.25) is 0 Å². The fourth-order valence-corrected chi connectivity index (χ4v) is 4.46. The summed E-state index contributed by atoms with van der Waals surface area (Å²) in [6.07, 6.45) is 0. The van der Waals surface area contributed by atoms with Gasteiger partial charge in [-0.2, -0.15) is 0 Å². The molecule has 0 saturated carbocycles. The molecule has 0 fully saturated rings. The Labute approximate surface area is 152 Å². The van der Waals surface area contributed by atoms with Gasteiger partial charge in [0.25, 0.3) is 0 Å². The van der Waals surface area contributed by atoms with Gasteiger partial charge in [-0.25, -0.2) is 18.6 Å². The molecule has 0 N–H and O–H groups in total. The maximum Gasteiger partial charge on any atom is 0.166 e. The third-order valence-corrected chi connectivity index (χ3v) is 5.40. The van der Waals surface area contributed by atoms with Crippen LogP contribution in [0.2, 0.25) is 0 Å². The molecule has 3 rings (SSSR count). The second-order valence-electron chi connectivity index (χ2n) is 5.13. The third-order valence-electron chi connectivity index (χ3n) is 3.18. The normalized spacial score (nSPS) is 11.0. The minimum Gasteiger partial charge on any atom is -0.222 e. The van der Waals surface area contributed by atoms with E-state index in [2.05, 4.69) is 91.9 Å². The van der Waals surface area contributed by atoms with Gasteiger partial charge in [0.15, 0.2) is 14.7 Å². The van der Waals surface area contributed by atoms with Crippen LogP contribution in [0.1, 0.15) is 5.56 Å².